The van der Waals surface area contributed by atoms with Gasteiger partial charge >= 0.3 is 0 Å². The van der Waals surface area contributed by atoms with E-state index in [1.807, 2.05) is 6.07 Å². The molecule has 0 aliphatic rings. The van der Waals surface area contributed by atoms with Crippen LogP contribution in [0.25, 0.3) is 0 Å². The van der Waals surface area contributed by atoms with Gasteiger partial charge in [-0.3, -0.25) is 0 Å². The first-order valence-corrected chi connectivity index (χ1v) is 6.51. The molecule has 0 bridgehead atoms. The van der Waals surface area contributed by atoms with E-state index in [0.29, 0.717) is 17.9 Å². The van der Waals surface area contributed by atoms with Crippen molar-refractivity contribution in [1.82, 2.24) is 0 Å². The van der Waals surface area contributed by atoms with Gasteiger partial charge < -0.3 is 5.11 Å². The van der Waals surface area contributed by atoms with Crippen molar-refractivity contribution in [2.45, 2.75) is 52.6 Å². The van der Waals surface area contributed by atoms with Gasteiger partial charge in [-0.2, -0.15) is 0 Å². The van der Waals surface area contributed by atoms with Crippen LogP contribution in [0.1, 0.15) is 57.3 Å². The lowest BCUT2D eigenvalue weighted by molar-refractivity contribution is 0.164. The maximum Gasteiger partial charge on any atom is 0.126 e. The Bertz CT molecular complexity index is 347. The lowest BCUT2D eigenvalue weighted by atomic mass is 9.98. The molecule has 0 unspecified atom stereocenters. The highest BCUT2D eigenvalue weighted by atomic mass is 19.1. The SMILES string of the molecule is CCCC[C@@H](O)c1ccc(CC(C)C)c(F)c1. The summed E-state index contributed by atoms with van der Waals surface area (Å²) >= 11 is 0. The first kappa shape index (κ1) is 14.2. The second kappa shape index (κ2) is 6.75. The summed E-state index contributed by atoms with van der Waals surface area (Å²) in [5.41, 5.74) is 1.44. The Morgan fingerprint density at radius 2 is 2.00 bits per heavy atom. The van der Waals surface area contributed by atoms with Gasteiger partial charge in [0.2, 0.25) is 0 Å². The molecule has 0 amide bonds. The summed E-state index contributed by atoms with van der Waals surface area (Å²) in [5.74, 6) is 0.257. The lowest BCUT2D eigenvalue weighted by Crippen LogP contribution is -2.02. The summed E-state index contributed by atoms with van der Waals surface area (Å²) in [6.07, 6.45) is 2.94. The zero-order chi connectivity index (χ0) is 12.8. The van der Waals surface area contributed by atoms with E-state index in [9.17, 15) is 9.50 Å². The molecule has 1 aromatic carbocycles. The van der Waals surface area contributed by atoms with Crippen molar-refractivity contribution in [3.8, 4) is 0 Å². The molecule has 17 heavy (non-hydrogen) atoms. The minimum atomic E-state index is -0.530. The summed E-state index contributed by atoms with van der Waals surface area (Å²) < 4.78 is 13.8. The maximum absolute atomic E-state index is 13.8. The third-order valence-corrected chi connectivity index (χ3v) is 2.92. The standard InChI is InChI=1S/C15H23FO/c1-4-5-6-15(17)13-8-7-12(9-11(2)3)14(16)10-13/h7-8,10-11,15,17H,4-6,9H2,1-3H3/t15-/m1/s1. The van der Waals surface area contributed by atoms with Crippen molar-refractivity contribution in [3.05, 3.63) is 35.1 Å². The molecule has 0 radical (unpaired) electrons. The van der Waals surface area contributed by atoms with Gasteiger partial charge in [-0.05, 0) is 36.0 Å². The highest BCUT2D eigenvalue weighted by Crippen LogP contribution is 2.22. The second-order valence-electron chi connectivity index (χ2n) is 5.11. The number of aliphatic hydroxyl groups excluding tert-OH is 1. The van der Waals surface area contributed by atoms with Crippen LogP contribution in [0.5, 0.6) is 0 Å². The van der Waals surface area contributed by atoms with Crippen molar-refractivity contribution in [2.75, 3.05) is 0 Å². The Balaban J connectivity index is 2.73. The van der Waals surface area contributed by atoms with E-state index in [4.69, 9.17) is 0 Å². The first-order valence-electron chi connectivity index (χ1n) is 6.51. The molecule has 1 atom stereocenters. The summed E-state index contributed by atoms with van der Waals surface area (Å²) in [6.45, 7) is 6.23. The van der Waals surface area contributed by atoms with E-state index in [2.05, 4.69) is 20.8 Å². The van der Waals surface area contributed by atoms with Gasteiger partial charge in [0.1, 0.15) is 5.82 Å². The van der Waals surface area contributed by atoms with E-state index in [-0.39, 0.29) is 5.82 Å². The van der Waals surface area contributed by atoms with Crippen LogP contribution in [-0.4, -0.2) is 5.11 Å². The van der Waals surface area contributed by atoms with E-state index in [0.717, 1.165) is 24.8 Å². The smallest absolute Gasteiger partial charge is 0.126 e. The normalized spacial score (nSPS) is 13.1. The number of halogens is 1. The minimum absolute atomic E-state index is 0.188. The number of rotatable bonds is 6. The van der Waals surface area contributed by atoms with Gasteiger partial charge in [-0.15, -0.1) is 0 Å². The highest BCUT2D eigenvalue weighted by Gasteiger charge is 2.11. The topological polar surface area (TPSA) is 20.2 Å². The number of benzene rings is 1. The third kappa shape index (κ3) is 4.47. The highest BCUT2D eigenvalue weighted by molar-refractivity contribution is 5.26. The molecular formula is C15H23FO. The molecule has 0 aliphatic heterocycles. The summed E-state index contributed by atoms with van der Waals surface area (Å²) in [4.78, 5) is 0. The third-order valence-electron chi connectivity index (χ3n) is 2.92. The molecule has 0 fully saturated rings. The van der Waals surface area contributed by atoms with Crippen LogP contribution in [0.4, 0.5) is 4.39 Å². The molecule has 96 valence electrons. The molecule has 0 saturated heterocycles. The predicted molar refractivity (Wildman–Crippen MR) is 69.4 cm³/mol. The predicted octanol–water partition coefficient (Wildman–Crippen LogP) is 4.25. The average Bonchev–Trinajstić information content (AvgIpc) is 2.28. The molecule has 0 spiro atoms. The average molecular weight is 238 g/mol. The van der Waals surface area contributed by atoms with Crippen LogP contribution in [0, 0.1) is 11.7 Å². The number of hydrogen-bond acceptors (Lipinski definition) is 1. The van der Waals surface area contributed by atoms with Crippen LogP contribution < -0.4 is 0 Å². The first-order chi connectivity index (χ1) is 8.04. The van der Waals surface area contributed by atoms with Crippen LogP contribution >= 0.6 is 0 Å². The number of unbranched alkanes of at least 4 members (excludes halogenated alkanes) is 1. The second-order valence-corrected chi connectivity index (χ2v) is 5.11. The van der Waals surface area contributed by atoms with Crippen molar-refractivity contribution >= 4 is 0 Å². The van der Waals surface area contributed by atoms with Crippen molar-refractivity contribution < 1.29 is 9.50 Å². The Morgan fingerprint density at radius 3 is 2.53 bits per heavy atom. The van der Waals surface area contributed by atoms with Crippen LogP contribution in [-0.2, 0) is 6.42 Å². The minimum Gasteiger partial charge on any atom is -0.388 e. The van der Waals surface area contributed by atoms with Crippen molar-refractivity contribution in [1.29, 1.82) is 0 Å². The molecule has 0 aliphatic carbocycles. The molecule has 0 aromatic heterocycles. The van der Waals surface area contributed by atoms with Crippen molar-refractivity contribution in [3.63, 3.8) is 0 Å². The fourth-order valence-corrected chi connectivity index (χ4v) is 1.94. The fourth-order valence-electron chi connectivity index (χ4n) is 1.94. The van der Waals surface area contributed by atoms with E-state index in [1.165, 1.54) is 6.07 Å². The van der Waals surface area contributed by atoms with Gasteiger partial charge in [-0.1, -0.05) is 45.7 Å². The molecule has 0 heterocycles. The van der Waals surface area contributed by atoms with E-state index >= 15 is 0 Å². The summed E-state index contributed by atoms with van der Waals surface area (Å²) in [5, 5.41) is 9.88. The van der Waals surface area contributed by atoms with E-state index < -0.39 is 6.10 Å². The van der Waals surface area contributed by atoms with Crippen LogP contribution in [0.2, 0.25) is 0 Å². The molecule has 1 nitrogen and oxygen atoms in total. The van der Waals surface area contributed by atoms with Crippen LogP contribution in [0.3, 0.4) is 0 Å². The van der Waals surface area contributed by atoms with Gasteiger partial charge in [-0.25, -0.2) is 4.39 Å². The molecule has 0 saturated carbocycles. The van der Waals surface area contributed by atoms with Gasteiger partial charge in [0.15, 0.2) is 0 Å². The zero-order valence-corrected chi connectivity index (χ0v) is 11.0. The van der Waals surface area contributed by atoms with Crippen molar-refractivity contribution in [2.24, 2.45) is 5.92 Å². The fraction of sp³-hybridized carbons (Fsp3) is 0.600. The molecule has 1 N–H and O–H groups in total. The van der Waals surface area contributed by atoms with Crippen LogP contribution in [0.15, 0.2) is 18.2 Å². The number of hydrogen-bond donors (Lipinski definition) is 1. The number of aliphatic hydroxyl groups is 1. The summed E-state index contributed by atoms with van der Waals surface area (Å²) in [7, 11) is 0. The largest absolute Gasteiger partial charge is 0.388 e. The Kier molecular flexibility index (Phi) is 5.63. The molecule has 2 heteroatoms. The molecule has 1 rings (SSSR count). The quantitative estimate of drug-likeness (QED) is 0.785. The van der Waals surface area contributed by atoms with Gasteiger partial charge in [0.25, 0.3) is 0 Å². The Labute approximate surface area is 104 Å². The molecule has 1 aromatic rings. The molecular weight excluding hydrogens is 215 g/mol. The maximum atomic E-state index is 13.8. The lowest BCUT2D eigenvalue weighted by Gasteiger charge is -2.13. The Morgan fingerprint density at radius 1 is 1.29 bits per heavy atom. The Hall–Kier alpha value is -0.890. The summed E-state index contributed by atoms with van der Waals surface area (Å²) in [6, 6.07) is 5.14. The monoisotopic (exact) mass is 238 g/mol. The zero-order valence-electron chi connectivity index (χ0n) is 11.0. The van der Waals surface area contributed by atoms with Gasteiger partial charge in [0, 0.05) is 0 Å². The van der Waals surface area contributed by atoms with E-state index in [1.54, 1.807) is 6.07 Å². The van der Waals surface area contributed by atoms with Gasteiger partial charge in [0.05, 0.1) is 6.10 Å².